The fourth-order valence-corrected chi connectivity index (χ4v) is 3.07. The van der Waals surface area contributed by atoms with Crippen molar-refractivity contribution >= 4 is 33.3 Å². The van der Waals surface area contributed by atoms with Gasteiger partial charge in [-0.25, -0.2) is 9.97 Å². The highest BCUT2D eigenvalue weighted by molar-refractivity contribution is 7.18. The topological polar surface area (TPSA) is 66.3 Å². The molecule has 2 heterocycles. The third-order valence-electron chi connectivity index (χ3n) is 3.05. The summed E-state index contributed by atoms with van der Waals surface area (Å²) in [5.41, 5.74) is 0. The molecular weight excluding hydrogens is 262 g/mol. The Labute approximate surface area is 115 Å². The van der Waals surface area contributed by atoms with E-state index in [9.17, 15) is 4.79 Å². The van der Waals surface area contributed by atoms with Crippen LogP contribution in [0.5, 0.6) is 0 Å². The van der Waals surface area contributed by atoms with Crippen LogP contribution in [0.3, 0.4) is 0 Å². The molecule has 2 aromatic heterocycles. The molecule has 0 saturated heterocycles. The van der Waals surface area contributed by atoms with Gasteiger partial charge in [-0.1, -0.05) is 0 Å². The first-order chi connectivity index (χ1) is 9.02. The summed E-state index contributed by atoms with van der Waals surface area (Å²) in [4.78, 5) is 23.6. The maximum absolute atomic E-state index is 10.9. The summed E-state index contributed by atoms with van der Waals surface area (Å²) in [7, 11) is 0. The van der Waals surface area contributed by atoms with E-state index in [-0.39, 0.29) is 12.5 Å². The molecule has 19 heavy (non-hydrogen) atoms. The zero-order chi connectivity index (χ0) is 14.0. The molecule has 1 unspecified atom stereocenters. The SMILES string of the molecule is CCN(c1ncnc2sc(C)cc12)C(C)CC(=O)O. The number of fused-ring (bicyclic) bond motifs is 1. The Balaban J connectivity index is 2.42. The summed E-state index contributed by atoms with van der Waals surface area (Å²) in [5.74, 6) is 0.0309. The minimum atomic E-state index is -0.794. The number of anilines is 1. The lowest BCUT2D eigenvalue weighted by Gasteiger charge is -2.28. The van der Waals surface area contributed by atoms with Crippen molar-refractivity contribution in [2.75, 3.05) is 11.4 Å². The summed E-state index contributed by atoms with van der Waals surface area (Å²) in [6, 6.07) is 1.96. The highest BCUT2D eigenvalue weighted by Gasteiger charge is 2.20. The van der Waals surface area contributed by atoms with Crippen molar-refractivity contribution in [1.82, 2.24) is 9.97 Å². The van der Waals surface area contributed by atoms with Gasteiger partial charge in [-0.05, 0) is 26.8 Å². The van der Waals surface area contributed by atoms with Gasteiger partial charge in [0, 0.05) is 17.5 Å². The number of carbonyl (C=O) groups is 1. The number of carboxylic acid groups (broad SMARTS) is 1. The van der Waals surface area contributed by atoms with Crippen molar-refractivity contribution in [3.05, 3.63) is 17.3 Å². The molecule has 0 aliphatic carbocycles. The summed E-state index contributed by atoms with van der Waals surface area (Å²) in [6.45, 7) is 6.67. The van der Waals surface area contributed by atoms with Crippen molar-refractivity contribution < 1.29 is 9.90 Å². The lowest BCUT2D eigenvalue weighted by Crippen LogP contribution is -2.35. The predicted molar refractivity (Wildman–Crippen MR) is 76.9 cm³/mol. The molecule has 0 aromatic carbocycles. The zero-order valence-corrected chi connectivity index (χ0v) is 12.1. The van der Waals surface area contributed by atoms with Gasteiger partial charge in [-0.3, -0.25) is 4.79 Å². The highest BCUT2D eigenvalue weighted by atomic mass is 32.1. The number of aryl methyl sites for hydroxylation is 1. The number of nitrogens with zero attached hydrogens (tertiary/aromatic N) is 3. The Morgan fingerprint density at radius 2 is 2.26 bits per heavy atom. The second kappa shape index (κ2) is 5.52. The minimum absolute atomic E-state index is 0.0965. The molecule has 2 aromatic rings. The van der Waals surface area contributed by atoms with E-state index in [1.807, 2.05) is 25.7 Å². The van der Waals surface area contributed by atoms with Gasteiger partial charge in [0.25, 0.3) is 0 Å². The molecule has 102 valence electrons. The molecule has 0 bridgehead atoms. The minimum Gasteiger partial charge on any atom is -0.481 e. The monoisotopic (exact) mass is 279 g/mol. The third kappa shape index (κ3) is 2.84. The largest absolute Gasteiger partial charge is 0.481 e. The zero-order valence-electron chi connectivity index (χ0n) is 11.3. The standard InChI is InChI=1S/C13H17N3O2S/c1-4-16(8(2)5-11(17)18)12-10-6-9(3)19-13(10)15-7-14-12/h6-8H,4-5H2,1-3H3,(H,17,18). The molecule has 0 amide bonds. The van der Waals surface area contributed by atoms with Crippen molar-refractivity contribution in [2.24, 2.45) is 0 Å². The Kier molecular flexibility index (Phi) is 3.99. The van der Waals surface area contributed by atoms with Crippen molar-refractivity contribution in [1.29, 1.82) is 0 Å². The second-order valence-electron chi connectivity index (χ2n) is 4.51. The Morgan fingerprint density at radius 1 is 1.53 bits per heavy atom. The number of carboxylic acids is 1. The van der Waals surface area contributed by atoms with Crippen LogP contribution in [0.15, 0.2) is 12.4 Å². The molecule has 0 radical (unpaired) electrons. The lowest BCUT2D eigenvalue weighted by atomic mass is 10.2. The molecule has 5 nitrogen and oxygen atoms in total. The number of hydrogen-bond acceptors (Lipinski definition) is 5. The predicted octanol–water partition coefficient (Wildman–Crippen LogP) is 2.69. The van der Waals surface area contributed by atoms with Crippen LogP contribution in [0.1, 0.15) is 25.1 Å². The van der Waals surface area contributed by atoms with Gasteiger partial charge in [-0.15, -0.1) is 11.3 Å². The van der Waals surface area contributed by atoms with Crippen molar-refractivity contribution in [2.45, 2.75) is 33.2 Å². The number of thiophene rings is 1. The summed E-state index contributed by atoms with van der Waals surface area (Å²) in [5, 5.41) is 9.94. The Hall–Kier alpha value is -1.69. The maximum Gasteiger partial charge on any atom is 0.305 e. The van der Waals surface area contributed by atoms with Crippen molar-refractivity contribution in [3.8, 4) is 0 Å². The normalized spacial score (nSPS) is 12.6. The molecule has 6 heteroatoms. The Bertz CT molecular complexity index is 597. The van der Waals surface area contributed by atoms with Gasteiger partial charge in [0.2, 0.25) is 0 Å². The molecule has 2 rings (SSSR count). The molecule has 0 aliphatic heterocycles. The molecular formula is C13H17N3O2S. The summed E-state index contributed by atoms with van der Waals surface area (Å²) < 4.78 is 0. The molecule has 1 N–H and O–H groups in total. The van der Waals surface area contributed by atoms with Crippen LogP contribution in [0.25, 0.3) is 10.2 Å². The van der Waals surface area contributed by atoms with E-state index >= 15 is 0 Å². The lowest BCUT2D eigenvalue weighted by molar-refractivity contribution is -0.137. The van der Waals surface area contributed by atoms with Gasteiger partial charge in [0.15, 0.2) is 0 Å². The van der Waals surface area contributed by atoms with Crippen LogP contribution >= 0.6 is 11.3 Å². The van der Waals surface area contributed by atoms with Gasteiger partial charge in [0.1, 0.15) is 17.0 Å². The second-order valence-corrected chi connectivity index (χ2v) is 5.74. The first-order valence-corrected chi connectivity index (χ1v) is 7.04. The first-order valence-electron chi connectivity index (χ1n) is 6.22. The number of aliphatic carboxylic acids is 1. The molecule has 1 atom stereocenters. The van der Waals surface area contributed by atoms with Gasteiger partial charge in [0.05, 0.1) is 11.8 Å². The molecule has 0 fully saturated rings. The molecule has 0 aliphatic rings. The number of hydrogen-bond donors (Lipinski definition) is 1. The average Bonchev–Trinajstić information content (AvgIpc) is 2.70. The van der Waals surface area contributed by atoms with Crippen LogP contribution in [0.2, 0.25) is 0 Å². The van der Waals surface area contributed by atoms with Gasteiger partial charge in [-0.2, -0.15) is 0 Å². The number of rotatable bonds is 5. The first kappa shape index (κ1) is 13.7. The third-order valence-corrected chi connectivity index (χ3v) is 4.00. The fourth-order valence-electron chi connectivity index (χ4n) is 2.23. The van der Waals surface area contributed by atoms with E-state index in [4.69, 9.17) is 5.11 Å². The highest BCUT2D eigenvalue weighted by Crippen LogP contribution is 2.30. The van der Waals surface area contributed by atoms with E-state index in [1.165, 1.54) is 4.88 Å². The smallest absolute Gasteiger partial charge is 0.305 e. The van der Waals surface area contributed by atoms with Crippen LogP contribution < -0.4 is 4.90 Å². The van der Waals surface area contributed by atoms with Crippen LogP contribution in [-0.4, -0.2) is 33.6 Å². The number of aromatic nitrogens is 2. The molecule has 0 spiro atoms. The van der Waals surface area contributed by atoms with Crippen LogP contribution in [0.4, 0.5) is 5.82 Å². The maximum atomic E-state index is 10.9. The molecule has 0 saturated carbocycles. The van der Waals surface area contributed by atoms with Crippen LogP contribution in [0, 0.1) is 6.92 Å². The van der Waals surface area contributed by atoms with E-state index in [1.54, 1.807) is 17.7 Å². The van der Waals surface area contributed by atoms with E-state index < -0.39 is 5.97 Å². The van der Waals surface area contributed by atoms with E-state index in [0.29, 0.717) is 0 Å². The average molecular weight is 279 g/mol. The van der Waals surface area contributed by atoms with Crippen molar-refractivity contribution in [3.63, 3.8) is 0 Å². The fraction of sp³-hybridized carbons (Fsp3) is 0.462. The quantitative estimate of drug-likeness (QED) is 0.911. The van der Waals surface area contributed by atoms with Gasteiger partial charge >= 0.3 is 5.97 Å². The van der Waals surface area contributed by atoms with E-state index in [2.05, 4.69) is 16.0 Å². The summed E-state index contributed by atoms with van der Waals surface area (Å²) in [6.07, 6.45) is 1.65. The van der Waals surface area contributed by atoms with Crippen LogP contribution in [-0.2, 0) is 4.79 Å². The Morgan fingerprint density at radius 3 is 2.89 bits per heavy atom. The summed E-state index contributed by atoms with van der Waals surface area (Å²) >= 11 is 1.63. The van der Waals surface area contributed by atoms with E-state index in [0.717, 1.165) is 22.6 Å². The van der Waals surface area contributed by atoms with Gasteiger partial charge < -0.3 is 10.0 Å².